The van der Waals surface area contributed by atoms with E-state index in [1.165, 1.54) is 0 Å². The van der Waals surface area contributed by atoms with Crippen LogP contribution in [-0.2, 0) is 0 Å². The maximum absolute atomic E-state index is 10.4. The third kappa shape index (κ3) is 2.97. The molecule has 0 fully saturated rings. The first kappa shape index (κ1) is 15.4. The molecule has 0 heterocycles. The molecule has 0 bridgehead atoms. The number of aliphatic hydroxyl groups is 1. The minimum Gasteiger partial charge on any atom is -1.00 e. The van der Waals surface area contributed by atoms with Crippen LogP contribution in [0.4, 0.5) is 0 Å². The molecule has 0 aromatic heterocycles. The van der Waals surface area contributed by atoms with Crippen LogP contribution in [0.5, 0.6) is 0 Å². The molecule has 0 saturated carbocycles. The molecular weight excluding hydrogens is 222 g/mol. The SMILES string of the molecule is CC[N+](CC)(CC)C(O)c1ccccc1.[Cl-]. The summed E-state index contributed by atoms with van der Waals surface area (Å²) in [6.07, 6.45) is -0.397. The number of hydrogen-bond donors (Lipinski definition) is 1. The largest absolute Gasteiger partial charge is 1.00 e. The highest BCUT2D eigenvalue weighted by Crippen LogP contribution is 2.25. The van der Waals surface area contributed by atoms with E-state index in [-0.39, 0.29) is 12.4 Å². The maximum atomic E-state index is 10.4. The fourth-order valence-electron chi connectivity index (χ4n) is 2.13. The van der Waals surface area contributed by atoms with E-state index in [2.05, 4.69) is 20.8 Å². The van der Waals surface area contributed by atoms with Crippen LogP contribution in [0.25, 0.3) is 0 Å². The third-order valence-electron chi connectivity index (χ3n) is 3.51. The van der Waals surface area contributed by atoms with Crippen LogP contribution < -0.4 is 12.4 Å². The van der Waals surface area contributed by atoms with Crippen LogP contribution in [0, 0.1) is 0 Å². The Labute approximate surface area is 105 Å². The van der Waals surface area contributed by atoms with Crippen molar-refractivity contribution in [1.82, 2.24) is 0 Å². The van der Waals surface area contributed by atoms with E-state index < -0.39 is 6.23 Å². The lowest BCUT2D eigenvalue weighted by Gasteiger charge is -2.40. The van der Waals surface area contributed by atoms with Crippen molar-refractivity contribution in [3.8, 4) is 0 Å². The maximum Gasteiger partial charge on any atom is 0.217 e. The Bertz CT molecular complexity index is 277. The monoisotopic (exact) mass is 243 g/mol. The number of benzene rings is 1. The molecule has 1 aromatic rings. The minimum absolute atomic E-state index is 0. The molecule has 1 aromatic carbocycles. The Morgan fingerprint density at radius 2 is 1.44 bits per heavy atom. The quantitative estimate of drug-likeness (QED) is 0.549. The van der Waals surface area contributed by atoms with Gasteiger partial charge in [0.25, 0.3) is 0 Å². The molecule has 3 heteroatoms. The smallest absolute Gasteiger partial charge is 0.217 e. The first-order valence-electron chi connectivity index (χ1n) is 5.79. The van der Waals surface area contributed by atoms with Gasteiger partial charge in [0.15, 0.2) is 0 Å². The molecule has 0 aliphatic heterocycles. The molecule has 92 valence electrons. The first-order chi connectivity index (χ1) is 7.20. The summed E-state index contributed by atoms with van der Waals surface area (Å²) in [5.74, 6) is 0. The number of rotatable bonds is 5. The van der Waals surface area contributed by atoms with Gasteiger partial charge in [-0.15, -0.1) is 0 Å². The second-order valence-corrected chi connectivity index (χ2v) is 3.95. The summed E-state index contributed by atoms with van der Waals surface area (Å²) >= 11 is 0. The van der Waals surface area contributed by atoms with Gasteiger partial charge < -0.3 is 17.5 Å². The minimum atomic E-state index is -0.397. The summed E-state index contributed by atoms with van der Waals surface area (Å²) in [6.45, 7) is 9.30. The molecule has 1 rings (SSSR count). The van der Waals surface area contributed by atoms with Gasteiger partial charge in [-0.2, -0.15) is 0 Å². The summed E-state index contributed by atoms with van der Waals surface area (Å²) in [4.78, 5) is 0. The highest BCUT2D eigenvalue weighted by atomic mass is 35.5. The Hall–Kier alpha value is -0.570. The Morgan fingerprint density at radius 1 is 1.00 bits per heavy atom. The van der Waals surface area contributed by atoms with Gasteiger partial charge in [-0.1, -0.05) is 30.3 Å². The van der Waals surface area contributed by atoms with Crippen LogP contribution in [-0.4, -0.2) is 29.2 Å². The van der Waals surface area contributed by atoms with Crippen molar-refractivity contribution in [2.24, 2.45) is 0 Å². The van der Waals surface area contributed by atoms with Gasteiger partial charge in [0.1, 0.15) is 0 Å². The molecule has 0 amide bonds. The van der Waals surface area contributed by atoms with Gasteiger partial charge in [-0.3, -0.25) is 4.48 Å². The normalized spacial score (nSPS) is 13.0. The highest BCUT2D eigenvalue weighted by molar-refractivity contribution is 5.15. The van der Waals surface area contributed by atoms with E-state index in [1.54, 1.807) is 0 Å². The first-order valence-corrected chi connectivity index (χ1v) is 5.79. The summed E-state index contributed by atoms with van der Waals surface area (Å²) < 4.78 is 0.740. The van der Waals surface area contributed by atoms with Crippen LogP contribution in [0.2, 0.25) is 0 Å². The molecule has 2 nitrogen and oxygen atoms in total. The highest BCUT2D eigenvalue weighted by Gasteiger charge is 2.31. The second kappa shape index (κ2) is 6.89. The average molecular weight is 244 g/mol. The van der Waals surface area contributed by atoms with E-state index in [0.717, 1.165) is 29.7 Å². The number of hydrogen-bond acceptors (Lipinski definition) is 1. The van der Waals surface area contributed by atoms with Gasteiger partial charge in [0.2, 0.25) is 6.23 Å². The second-order valence-electron chi connectivity index (χ2n) is 3.95. The number of nitrogens with zero attached hydrogens (tertiary/aromatic N) is 1. The Kier molecular flexibility index (Phi) is 6.65. The topological polar surface area (TPSA) is 20.2 Å². The van der Waals surface area contributed by atoms with Crippen LogP contribution >= 0.6 is 0 Å². The number of aliphatic hydroxyl groups excluding tert-OH is 1. The van der Waals surface area contributed by atoms with Crippen molar-refractivity contribution in [2.45, 2.75) is 27.0 Å². The lowest BCUT2D eigenvalue weighted by atomic mass is 10.1. The zero-order valence-corrected chi connectivity index (χ0v) is 11.1. The van der Waals surface area contributed by atoms with Crippen molar-refractivity contribution < 1.29 is 22.0 Å². The average Bonchev–Trinajstić information content (AvgIpc) is 2.33. The fraction of sp³-hybridized carbons (Fsp3) is 0.538. The van der Waals surface area contributed by atoms with Crippen molar-refractivity contribution in [2.75, 3.05) is 19.6 Å². The summed E-state index contributed by atoms with van der Waals surface area (Å²) in [5.41, 5.74) is 1.02. The van der Waals surface area contributed by atoms with E-state index in [4.69, 9.17) is 0 Å². The van der Waals surface area contributed by atoms with Gasteiger partial charge in [-0.25, -0.2) is 0 Å². The predicted octanol–water partition coefficient (Wildman–Crippen LogP) is -0.442. The summed E-state index contributed by atoms with van der Waals surface area (Å²) in [7, 11) is 0. The van der Waals surface area contributed by atoms with Gasteiger partial charge in [0.05, 0.1) is 19.6 Å². The Balaban J connectivity index is 0.00000225. The molecule has 1 N–H and O–H groups in total. The molecule has 1 unspecified atom stereocenters. The van der Waals surface area contributed by atoms with Gasteiger partial charge in [-0.05, 0) is 20.8 Å². The number of halogens is 1. The molecule has 0 aliphatic carbocycles. The van der Waals surface area contributed by atoms with E-state index >= 15 is 0 Å². The fourth-order valence-corrected chi connectivity index (χ4v) is 2.13. The lowest BCUT2D eigenvalue weighted by molar-refractivity contribution is -0.973. The standard InChI is InChI=1S/C13H22NO.ClH/c1-4-14(5-2,6-3)13(15)12-10-8-7-9-11-12;/h7-11,13,15H,4-6H2,1-3H3;1H/q+1;/p-1. The Morgan fingerprint density at radius 3 is 1.81 bits per heavy atom. The van der Waals surface area contributed by atoms with E-state index in [9.17, 15) is 5.11 Å². The number of quaternary nitrogens is 1. The molecule has 0 aliphatic rings. The molecule has 0 radical (unpaired) electrons. The predicted molar refractivity (Wildman–Crippen MR) is 63.3 cm³/mol. The van der Waals surface area contributed by atoms with Crippen molar-refractivity contribution in [3.63, 3.8) is 0 Å². The van der Waals surface area contributed by atoms with E-state index in [0.29, 0.717) is 0 Å². The van der Waals surface area contributed by atoms with E-state index in [1.807, 2.05) is 30.3 Å². The zero-order valence-electron chi connectivity index (χ0n) is 10.4. The van der Waals surface area contributed by atoms with Gasteiger partial charge in [0, 0.05) is 5.56 Å². The molecular formula is C13H22ClNO. The lowest BCUT2D eigenvalue weighted by Crippen LogP contribution is -3.00. The third-order valence-corrected chi connectivity index (χ3v) is 3.51. The summed E-state index contributed by atoms with van der Waals surface area (Å²) in [6, 6.07) is 9.94. The van der Waals surface area contributed by atoms with Crippen LogP contribution in [0.3, 0.4) is 0 Å². The van der Waals surface area contributed by atoms with Gasteiger partial charge >= 0.3 is 0 Å². The molecule has 0 spiro atoms. The van der Waals surface area contributed by atoms with Crippen molar-refractivity contribution in [3.05, 3.63) is 35.9 Å². The summed E-state index contributed by atoms with van der Waals surface area (Å²) in [5, 5.41) is 10.4. The molecule has 1 atom stereocenters. The van der Waals surface area contributed by atoms with Crippen molar-refractivity contribution >= 4 is 0 Å². The van der Waals surface area contributed by atoms with Crippen LogP contribution in [0.1, 0.15) is 32.6 Å². The molecule has 0 saturated heterocycles. The van der Waals surface area contributed by atoms with Crippen LogP contribution in [0.15, 0.2) is 30.3 Å². The van der Waals surface area contributed by atoms with Crippen molar-refractivity contribution in [1.29, 1.82) is 0 Å². The zero-order chi connectivity index (χ0) is 11.3. The molecule has 16 heavy (non-hydrogen) atoms.